The van der Waals surface area contributed by atoms with E-state index in [4.69, 9.17) is 4.42 Å². The molecule has 0 bridgehead atoms. The van der Waals surface area contributed by atoms with Gasteiger partial charge >= 0.3 is 0 Å². The first kappa shape index (κ1) is 21.2. The van der Waals surface area contributed by atoms with Crippen LogP contribution in [0.25, 0.3) is 0 Å². The van der Waals surface area contributed by atoms with Crippen LogP contribution < -0.4 is 10.2 Å². The van der Waals surface area contributed by atoms with Crippen LogP contribution >= 0.6 is 11.5 Å². The molecule has 31 heavy (non-hydrogen) atoms. The molecule has 8 heteroatoms. The van der Waals surface area contributed by atoms with Gasteiger partial charge in [-0.15, -0.1) is 5.10 Å². The molecule has 1 unspecified atom stereocenters. The molecule has 1 fully saturated rings. The van der Waals surface area contributed by atoms with Crippen molar-refractivity contribution in [2.75, 3.05) is 4.90 Å². The highest BCUT2D eigenvalue weighted by Gasteiger charge is 2.37. The fourth-order valence-corrected chi connectivity index (χ4v) is 4.41. The number of carbonyl (C=O) groups is 2. The Balaban J connectivity index is 1.77. The normalized spacial score (nSPS) is 15.0. The van der Waals surface area contributed by atoms with Gasteiger partial charge in [0, 0.05) is 17.1 Å². The van der Waals surface area contributed by atoms with Crippen molar-refractivity contribution in [3.63, 3.8) is 0 Å². The van der Waals surface area contributed by atoms with Gasteiger partial charge in [0.1, 0.15) is 11.5 Å². The van der Waals surface area contributed by atoms with Crippen molar-refractivity contribution in [2.24, 2.45) is 0 Å². The van der Waals surface area contributed by atoms with Gasteiger partial charge in [-0.2, -0.15) is 0 Å². The molecule has 7 nitrogen and oxygen atoms in total. The smallest absolute Gasteiger partial charge is 0.280 e. The van der Waals surface area contributed by atoms with Crippen LogP contribution in [0.15, 0.2) is 46.2 Å². The van der Waals surface area contributed by atoms with Gasteiger partial charge in [0.2, 0.25) is 0 Å². The summed E-state index contributed by atoms with van der Waals surface area (Å²) in [7, 11) is 0. The lowest BCUT2D eigenvalue weighted by Crippen LogP contribution is -2.46. The molecule has 1 saturated carbocycles. The maximum absolute atomic E-state index is 13.5. The molecule has 0 saturated heterocycles. The second kappa shape index (κ2) is 9.43. The van der Waals surface area contributed by atoms with Crippen LogP contribution in [0.2, 0.25) is 0 Å². The Morgan fingerprint density at radius 3 is 2.52 bits per heavy atom. The molecule has 2 heterocycles. The van der Waals surface area contributed by atoms with Crippen LogP contribution in [0, 0.1) is 6.92 Å². The van der Waals surface area contributed by atoms with E-state index < -0.39 is 11.9 Å². The average Bonchev–Trinajstić information content (AvgIpc) is 3.55. The maximum atomic E-state index is 13.5. The molecule has 1 atom stereocenters. The van der Waals surface area contributed by atoms with E-state index in [1.165, 1.54) is 4.90 Å². The third-order valence-corrected chi connectivity index (χ3v) is 6.16. The first-order valence-electron chi connectivity index (χ1n) is 10.6. The molecule has 0 spiro atoms. The average molecular weight is 439 g/mol. The van der Waals surface area contributed by atoms with Gasteiger partial charge < -0.3 is 9.73 Å². The van der Waals surface area contributed by atoms with Crippen LogP contribution in [0.1, 0.15) is 66.2 Å². The number of hydrogen-bond acceptors (Lipinski definition) is 6. The second-order valence-corrected chi connectivity index (χ2v) is 8.44. The summed E-state index contributed by atoms with van der Waals surface area (Å²) in [4.78, 5) is 28.5. The Labute approximate surface area is 185 Å². The number of furan rings is 1. The summed E-state index contributed by atoms with van der Waals surface area (Å²) in [6, 6.07) is 10.4. The number of nitrogens with zero attached hydrogens (tertiary/aromatic N) is 3. The van der Waals surface area contributed by atoms with Crippen molar-refractivity contribution in [1.82, 2.24) is 14.9 Å². The van der Waals surface area contributed by atoms with E-state index >= 15 is 0 Å². The van der Waals surface area contributed by atoms with E-state index in [1.807, 2.05) is 31.2 Å². The number of aromatic nitrogens is 2. The molecule has 1 N–H and O–H groups in total. The van der Waals surface area contributed by atoms with E-state index in [0.29, 0.717) is 17.2 Å². The standard InChI is InChI=1S/C23H26N4O3S/c1-3-16-9-11-18(12-10-16)27(23(29)19-14-31-26-25-19)21(20-13-8-15(2)30-20)22(28)24-17-6-4-5-7-17/h8-14,17,21H,3-7H2,1-2H3,(H,24,28). The van der Waals surface area contributed by atoms with Gasteiger partial charge in [0.05, 0.1) is 0 Å². The van der Waals surface area contributed by atoms with Crippen LogP contribution in [0.4, 0.5) is 5.69 Å². The highest BCUT2D eigenvalue weighted by Crippen LogP contribution is 2.32. The number of aryl methyl sites for hydroxylation is 2. The third kappa shape index (κ3) is 4.69. The van der Waals surface area contributed by atoms with Crippen molar-refractivity contribution in [1.29, 1.82) is 0 Å². The van der Waals surface area contributed by atoms with Crippen molar-refractivity contribution >= 4 is 29.0 Å². The van der Waals surface area contributed by atoms with Crippen LogP contribution in [0.5, 0.6) is 0 Å². The summed E-state index contributed by atoms with van der Waals surface area (Å²) in [5, 5.41) is 8.68. The lowest BCUT2D eigenvalue weighted by molar-refractivity contribution is -0.123. The molecule has 3 aromatic rings. The molecule has 1 aromatic carbocycles. The number of carbonyl (C=O) groups excluding carboxylic acids is 2. The van der Waals surface area contributed by atoms with Crippen molar-refractivity contribution in [2.45, 2.75) is 58.0 Å². The Hall–Kier alpha value is -3.00. The minimum atomic E-state index is -0.948. The monoisotopic (exact) mass is 438 g/mol. The minimum Gasteiger partial charge on any atom is -0.464 e. The Kier molecular flexibility index (Phi) is 6.46. The lowest BCUT2D eigenvalue weighted by Gasteiger charge is -2.30. The number of amides is 2. The zero-order valence-electron chi connectivity index (χ0n) is 17.7. The molecule has 2 amide bonds. The molecule has 162 valence electrons. The predicted octanol–water partition coefficient (Wildman–Crippen LogP) is 4.45. The van der Waals surface area contributed by atoms with Crippen LogP contribution in [0.3, 0.4) is 0 Å². The van der Waals surface area contributed by atoms with Crippen LogP contribution in [-0.4, -0.2) is 27.4 Å². The molecule has 1 aliphatic carbocycles. The number of hydrogen-bond donors (Lipinski definition) is 1. The van der Waals surface area contributed by atoms with Crippen LogP contribution in [-0.2, 0) is 11.2 Å². The number of nitrogens with one attached hydrogen (secondary N) is 1. The van der Waals surface area contributed by atoms with E-state index in [0.717, 1.165) is 49.2 Å². The highest BCUT2D eigenvalue weighted by atomic mass is 32.1. The zero-order valence-corrected chi connectivity index (χ0v) is 18.5. The molecule has 2 aromatic heterocycles. The fourth-order valence-electron chi connectivity index (χ4n) is 3.98. The molecule has 0 aliphatic heterocycles. The summed E-state index contributed by atoms with van der Waals surface area (Å²) in [5.74, 6) is 0.456. The van der Waals surface area contributed by atoms with Crippen molar-refractivity contribution < 1.29 is 14.0 Å². The number of rotatable bonds is 7. The molecule has 0 radical (unpaired) electrons. The third-order valence-electron chi connectivity index (χ3n) is 5.66. The molecule has 1 aliphatic rings. The minimum absolute atomic E-state index is 0.117. The number of anilines is 1. The Bertz CT molecular complexity index is 1020. The first-order valence-corrected chi connectivity index (χ1v) is 11.5. The van der Waals surface area contributed by atoms with E-state index in [9.17, 15) is 9.59 Å². The van der Waals surface area contributed by atoms with Gasteiger partial charge in [-0.1, -0.05) is 36.4 Å². The Morgan fingerprint density at radius 1 is 1.19 bits per heavy atom. The summed E-state index contributed by atoms with van der Waals surface area (Å²) in [6.07, 6.45) is 4.98. The van der Waals surface area contributed by atoms with E-state index in [1.54, 1.807) is 17.5 Å². The van der Waals surface area contributed by atoms with Crippen molar-refractivity contribution in [3.8, 4) is 0 Å². The second-order valence-electron chi connectivity index (χ2n) is 7.83. The van der Waals surface area contributed by atoms with Gasteiger partial charge in [-0.3, -0.25) is 14.5 Å². The van der Waals surface area contributed by atoms with Crippen molar-refractivity contribution in [3.05, 3.63) is 64.6 Å². The summed E-state index contributed by atoms with van der Waals surface area (Å²) >= 11 is 1.10. The fraction of sp³-hybridized carbons (Fsp3) is 0.391. The largest absolute Gasteiger partial charge is 0.464 e. The number of benzene rings is 1. The SMILES string of the molecule is CCc1ccc(N(C(=O)c2csnn2)C(C(=O)NC2CCCC2)c2ccc(C)o2)cc1. The maximum Gasteiger partial charge on any atom is 0.280 e. The van der Waals surface area contributed by atoms with Gasteiger partial charge in [-0.25, -0.2) is 0 Å². The van der Waals surface area contributed by atoms with Gasteiger partial charge in [0.15, 0.2) is 11.7 Å². The topological polar surface area (TPSA) is 88.3 Å². The summed E-state index contributed by atoms with van der Waals surface area (Å²) in [6.45, 7) is 3.89. The molecular formula is C23H26N4O3S. The predicted molar refractivity (Wildman–Crippen MR) is 119 cm³/mol. The van der Waals surface area contributed by atoms with E-state index in [-0.39, 0.29) is 17.6 Å². The van der Waals surface area contributed by atoms with Gasteiger partial charge in [-0.05, 0) is 67.5 Å². The van der Waals surface area contributed by atoms with Gasteiger partial charge in [0.25, 0.3) is 11.8 Å². The zero-order chi connectivity index (χ0) is 21.8. The highest BCUT2D eigenvalue weighted by molar-refractivity contribution is 7.03. The first-order chi connectivity index (χ1) is 15.1. The summed E-state index contributed by atoms with van der Waals surface area (Å²) in [5.41, 5.74) is 1.95. The van der Waals surface area contributed by atoms with E-state index in [2.05, 4.69) is 21.8 Å². The summed E-state index contributed by atoms with van der Waals surface area (Å²) < 4.78 is 9.69. The Morgan fingerprint density at radius 2 is 1.94 bits per heavy atom. The quantitative estimate of drug-likeness (QED) is 0.589. The molecule has 4 rings (SSSR count). The molecular weight excluding hydrogens is 412 g/mol. The lowest BCUT2D eigenvalue weighted by atomic mass is 10.1.